The van der Waals surface area contributed by atoms with Gasteiger partial charge in [0.25, 0.3) is 0 Å². The summed E-state index contributed by atoms with van der Waals surface area (Å²) in [6.45, 7) is 1.73. The van der Waals surface area contributed by atoms with Gasteiger partial charge in [0.15, 0.2) is 0 Å². The Hall–Kier alpha value is -1.06. The molecule has 4 heteroatoms. The van der Waals surface area contributed by atoms with E-state index in [0.29, 0.717) is 12.7 Å². The van der Waals surface area contributed by atoms with Gasteiger partial charge in [0.05, 0.1) is 6.04 Å². The van der Waals surface area contributed by atoms with E-state index in [1.165, 1.54) is 0 Å². The molecule has 0 aromatic heterocycles. The average Bonchev–Trinajstić information content (AvgIpc) is 1.82. The summed E-state index contributed by atoms with van der Waals surface area (Å²) < 4.78 is 0. The van der Waals surface area contributed by atoms with Crippen LogP contribution in [0.15, 0.2) is 0 Å². The molecule has 0 aliphatic carbocycles. The Morgan fingerprint density at radius 3 is 2.56 bits per heavy atom. The summed E-state index contributed by atoms with van der Waals surface area (Å²) in [5.41, 5.74) is 0. The lowest BCUT2D eigenvalue weighted by Gasteiger charge is -2.04. The van der Waals surface area contributed by atoms with Gasteiger partial charge in [-0.15, -0.1) is 0 Å². The van der Waals surface area contributed by atoms with E-state index in [9.17, 15) is 9.59 Å². The predicted octanol–water partition coefficient (Wildman–Crippen LogP) is 0.232. The van der Waals surface area contributed by atoms with Crippen molar-refractivity contribution >= 4 is 12.4 Å². The molecule has 0 aliphatic rings. The molecule has 0 fully saturated rings. The Balaban J connectivity index is 3.55. The number of carbonyl (C=O) groups is 2. The van der Waals surface area contributed by atoms with Gasteiger partial charge >= 0.3 is 6.09 Å². The molecule has 1 atom stereocenters. The molecule has 1 amide bonds. The molecule has 0 spiro atoms. The van der Waals surface area contributed by atoms with Crippen LogP contribution in [0.2, 0.25) is 0 Å². The van der Waals surface area contributed by atoms with Gasteiger partial charge < -0.3 is 15.2 Å². The minimum Gasteiger partial charge on any atom is -0.465 e. The first-order chi connectivity index (χ1) is 4.20. The van der Waals surface area contributed by atoms with E-state index < -0.39 is 12.1 Å². The van der Waals surface area contributed by atoms with Crippen molar-refractivity contribution in [2.75, 3.05) is 0 Å². The summed E-state index contributed by atoms with van der Waals surface area (Å²) in [4.78, 5) is 19.8. The van der Waals surface area contributed by atoms with Crippen LogP contribution in [-0.4, -0.2) is 23.5 Å². The van der Waals surface area contributed by atoms with Crippen LogP contribution in [-0.2, 0) is 4.79 Å². The van der Waals surface area contributed by atoms with Crippen molar-refractivity contribution in [2.24, 2.45) is 0 Å². The van der Waals surface area contributed by atoms with Crippen molar-refractivity contribution in [3.05, 3.63) is 0 Å². The molecule has 0 saturated carbocycles. The number of carbonyl (C=O) groups excluding carboxylic acids is 1. The number of carboxylic acid groups (broad SMARTS) is 1. The van der Waals surface area contributed by atoms with E-state index in [-0.39, 0.29) is 0 Å². The Bertz CT molecular complexity index is 113. The molecule has 4 nitrogen and oxygen atoms in total. The highest BCUT2D eigenvalue weighted by Gasteiger charge is 2.04. The molecule has 2 N–H and O–H groups in total. The highest BCUT2D eigenvalue weighted by molar-refractivity contribution is 5.71. The first-order valence-electron chi connectivity index (χ1n) is 2.65. The van der Waals surface area contributed by atoms with Gasteiger partial charge in [0.2, 0.25) is 0 Å². The van der Waals surface area contributed by atoms with Crippen LogP contribution < -0.4 is 5.32 Å². The largest absolute Gasteiger partial charge is 0.465 e. The summed E-state index contributed by atoms with van der Waals surface area (Å²) in [6, 6.07) is -0.553. The highest BCUT2D eigenvalue weighted by atomic mass is 16.4. The third-order valence-electron chi connectivity index (χ3n) is 0.913. The van der Waals surface area contributed by atoms with Gasteiger partial charge in [-0.1, -0.05) is 6.92 Å². The summed E-state index contributed by atoms with van der Waals surface area (Å²) >= 11 is 0. The zero-order chi connectivity index (χ0) is 7.28. The highest BCUT2D eigenvalue weighted by Crippen LogP contribution is 1.83. The molecule has 0 rings (SSSR count). The van der Waals surface area contributed by atoms with E-state index in [2.05, 4.69) is 0 Å². The molecule has 1 unspecified atom stereocenters. The van der Waals surface area contributed by atoms with E-state index in [1.54, 1.807) is 6.92 Å². The third-order valence-corrected chi connectivity index (χ3v) is 0.913. The Morgan fingerprint density at radius 2 is 2.44 bits per heavy atom. The van der Waals surface area contributed by atoms with Crippen molar-refractivity contribution in [1.29, 1.82) is 0 Å². The minimum absolute atomic E-state index is 0.496. The molecule has 0 aromatic carbocycles. The van der Waals surface area contributed by atoms with Crippen molar-refractivity contribution in [3.63, 3.8) is 0 Å². The second kappa shape index (κ2) is 3.88. The Morgan fingerprint density at radius 1 is 1.89 bits per heavy atom. The number of amides is 1. The van der Waals surface area contributed by atoms with Crippen molar-refractivity contribution < 1.29 is 14.7 Å². The second-order valence-corrected chi connectivity index (χ2v) is 1.60. The van der Waals surface area contributed by atoms with Crippen LogP contribution in [0.1, 0.15) is 13.3 Å². The quantitative estimate of drug-likeness (QED) is 0.539. The minimum atomic E-state index is -1.16. The van der Waals surface area contributed by atoms with Crippen molar-refractivity contribution in [2.45, 2.75) is 19.4 Å². The molecular formula is C5H9NO3. The summed E-state index contributed by atoms with van der Waals surface area (Å²) in [6.07, 6.45) is -0.0850. The fourth-order valence-electron chi connectivity index (χ4n) is 0.391. The number of hydrogen-bond acceptors (Lipinski definition) is 2. The van der Waals surface area contributed by atoms with Crippen LogP contribution in [0.3, 0.4) is 0 Å². The van der Waals surface area contributed by atoms with Gasteiger partial charge in [0, 0.05) is 0 Å². The summed E-state index contributed by atoms with van der Waals surface area (Å²) in [5, 5.41) is 10.1. The molecular weight excluding hydrogens is 122 g/mol. The predicted molar refractivity (Wildman–Crippen MR) is 31.3 cm³/mol. The van der Waals surface area contributed by atoms with Gasteiger partial charge in [-0.05, 0) is 6.42 Å². The van der Waals surface area contributed by atoms with E-state index in [1.807, 2.05) is 5.32 Å². The maximum atomic E-state index is 9.95. The van der Waals surface area contributed by atoms with Crippen molar-refractivity contribution in [1.82, 2.24) is 5.32 Å². The van der Waals surface area contributed by atoms with Gasteiger partial charge in [-0.3, -0.25) is 0 Å². The zero-order valence-corrected chi connectivity index (χ0v) is 5.13. The molecule has 0 bridgehead atoms. The van der Waals surface area contributed by atoms with Gasteiger partial charge in [-0.2, -0.15) is 0 Å². The average molecular weight is 131 g/mol. The van der Waals surface area contributed by atoms with Gasteiger partial charge in [0.1, 0.15) is 6.29 Å². The lowest BCUT2D eigenvalue weighted by atomic mass is 10.3. The standard InChI is InChI=1S/C5H9NO3/c1-2-4(3-7)6-5(8)9/h3-4,6H,2H2,1H3,(H,8,9). The van der Waals surface area contributed by atoms with Crippen molar-refractivity contribution in [3.8, 4) is 0 Å². The normalized spacial score (nSPS) is 12.1. The first kappa shape index (κ1) is 7.94. The number of aldehydes is 1. The fraction of sp³-hybridized carbons (Fsp3) is 0.600. The zero-order valence-electron chi connectivity index (χ0n) is 5.13. The molecule has 0 aliphatic heterocycles. The SMILES string of the molecule is CCC(C=O)NC(=O)O. The Kier molecular flexibility index (Phi) is 3.43. The van der Waals surface area contributed by atoms with E-state index in [0.717, 1.165) is 0 Å². The number of rotatable bonds is 3. The summed E-state index contributed by atoms with van der Waals surface area (Å²) in [5.74, 6) is 0. The fourth-order valence-corrected chi connectivity index (χ4v) is 0.391. The monoisotopic (exact) mass is 131 g/mol. The lowest BCUT2D eigenvalue weighted by Crippen LogP contribution is -2.33. The van der Waals surface area contributed by atoms with Crippen LogP contribution in [0.5, 0.6) is 0 Å². The number of hydrogen-bond donors (Lipinski definition) is 2. The molecule has 0 radical (unpaired) electrons. The Labute approximate surface area is 52.9 Å². The molecule has 0 heterocycles. The van der Waals surface area contributed by atoms with Crippen LogP contribution in [0, 0.1) is 0 Å². The van der Waals surface area contributed by atoms with Crippen LogP contribution in [0.4, 0.5) is 4.79 Å². The molecule has 52 valence electrons. The van der Waals surface area contributed by atoms with E-state index >= 15 is 0 Å². The van der Waals surface area contributed by atoms with E-state index in [4.69, 9.17) is 5.11 Å². The number of nitrogens with one attached hydrogen (secondary N) is 1. The van der Waals surface area contributed by atoms with Crippen LogP contribution in [0.25, 0.3) is 0 Å². The molecule has 9 heavy (non-hydrogen) atoms. The lowest BCUT2D eigenvalue weighted by molar-refractivity contribution is -0.109. The molecule has 0 aromatic rings. The second-order valence-electron chi connectivity index (χ2n) is 1.60. The molecule has 0 saturated heterocycles. The topological polar surface area (TPSA) is 66.4 Å². The summed E-state index contributed by atoms with van der Waals surface area (Å²) in [7, 11) is 0. The first-order valence-corrected chi connectivity index (χ1v) is 2.65. The third kappa shape index (κ3) is 3.52. The van der Waals surface area contributed by atoms with Crippen LogP contribution >= 0.6 is 0 Å². The van der Waals surface area contributed by atoms with Gasteiger partial charge in [-0.25, -0.2) is 4.79 Å². The maximum absolute atomic E-state index is 9.95. The maximum Gasteiger partial charge on any atom is 0.405 e. The smallest absolute Gasteiger partial charge is 0.405 e.